The van der Waals surface area contributed by atoms with Crippen LogP contribution < -0.4 is 0 Å². The van der Waals surface area contributed by atoms with Gasteiger partial charge in [-0.3, -0.25) is 0 Å². The van der Waals surface area contributed by atoms with Gasteiger partial charge >= 0.3 is 8.25 Å². The SMILES string of the molecule is CCCCOCCOCCO[P+](=O)OCCOCCOCCCC. The third-order valence-corrected chi connectivity index (χ3v) is 3.66. The minimum absolute atomic E-state index is 0.232. The lowest BCUT2D eigenvalue weighted by molar-refractivity contribution is 0.0280. The summed E-state index contributed by atoms with van der Waals surface area (Å²) in [5, 5.41) is 0. The Labute approximate surface area is 147 Å². The van der Waals surface area contributed by atoms with Crippen LogP contribution in [0.25, 0.3) is 0 Å². The molecule has 24 heavy (non-hydrogen) atoms. The Morgan fingerprint density at radius 1 is 0.542 bits per heavy atom. The van der Waals surface area contributed by atoms with Gasteiger partial charge < -0.3 is 18.9 Å². The molecule has 0 N–H and O–H groups in total. The van der Waals surface area contributed by atoms with Gasteiger partial charge in [-0.1, -0.05) is 26.7 Å². The Morgan fingerprint density at radius 3 is 1.25 bits per heavy atom. The molecule has 8 heteroatoms. The smallest absolute Gasteiger partial charge is 0.379 e. The van der Waals surface area contributed by atoms with Crippen molar-refractivity contribution in [3.8, 4) is 0 Å². The van der Waals surface area contributed by atoms with E-state index in [2.05, 4.69) is 13.8 Å². The van der Waals surface area contributed by atoms with Gasteiger partial charge in [0.2, 0.25) is 0 Å². The number of rotatable bonds is 20. The molecule has 0 aromatic rings. The van der Waals surface area contributed by atoms with Gasteiger partial charge in [-0.25, -0.2) is 0 Å². The van der Waals surface area contributed by atoms with Crippen molar-refractivity contribution in [1.82, 2.24) is 0 Å². The fourth-order valence-corrected chi connectivity index (χ4v) is 2.04. The lowest BCUT2D eigenvalue weighted by atomic mass is 10.4. The summed E-state index contributed by atoms with van der Waals surface area (Å²) < 4.78 is 42.7. The summed E-state index contributed by atoms with van der Waals surface area (Å²) >= 11 is 0. The van der Waals surface area contributed by atoms with Gasteiger partial charge in [0.25, 0.3) is 0 Å². The van der Waals surface area contributed by atoms with Gasteiger partial charge in [-0.05, 0) is 12.8 Å². The molecule has 0 aliphatic rings. The topological polar surface area (TPSA) is 72.5 Å². The molecule has 7 nitrogen and oxygen atoms in total. The van der Waals surface area contributed by atoms with Crippen molar-refractivity contribution in [3.05, 3.63) is 0 Å². The molecule has 0 saturated carbocycles. The van der Waals surface area contributed by atoms with Crippen molar-refractivity contribution in [3.63, 3.8) is 0 Å². The van der Waals surface area contributed by atoms with Crippen LogP contribution in [0.15, 0.2) is 0 Å². The predicted molar refractivity (Wildman–Crippen MR) is 92.6 cm³/mol. The van der Waals surface area contributed by atoms with Crippen LogP contribution in [-0.2, 0) is 32.6 Å². The largest absolute Gasteiger partial charge is 0.697 e. The summed E-state index contributed by atoms with van der Waals surface area (Å²) in [6, 6.07) is 0. The zero-order valence-corrected chi connectivity index (χ0v) is 16.1. The van der Waals surface area contributed by atoms with Gasteiger partial charge in [0.05, 0.1) is 39.6 Å². The lowest BCUT2D eigenvalue weighted by Crippen LogP contribution is -2.09. The van der Waals surface area contributed by atoms with E-state index in [1.807, 2.05) is 0 Å². The summed E-state index contributed by atoms with van der Waals surface area (Å²) in [5.74, 6) is 0. The van der Waals surface area contributed by atoms with E-state index in [1.165, 1.54) is 0 Å². The van der Waals surface area contributed by atoms with E-state index in [9.17, 15) is 4.57 Å². The maximum absolute atomic E-state index is 11.4. The maximum Gasteiger partial charge on any atom is 0.697 e. The number of hydrogen-bond donors (Lipinski definition) is 0. The zero-order chi connectivity index (χ0) is 17.7. The molecule has 0 aliphatic carbocycles. The van der Waals surface area contributed by atoms with Gasteiger partial charge in [-0.2, -0.15) is 0 Å². The lowest BCUT2D eigenvalue weighted by Gasteiger charge is -2.04. The molecule has 0 radical (unpaired) electrons. The second kappa shape index (κ2) is 20.9. The maximum atomic E-state index is 11.4. The molecule has 0 saturated heterocycles. The Morgan fingerprint density at radius 2 is 0.875 bits per heavy atom. The average molecular weight is 369 g/mol. The van der Waals surface area contributed by atoms with Crippen LogP contribution in [0.1, 0.15) is 39.5 Å². The van der Waals surface area contributed by atoms with Gasteiger partial charge in [0.15, 0.2) is 0 Å². The first-order valence-corrected chi connectivity index (χ1v) is 9.94. The van der Waals surface area contributed by atoms with Crippen molar-refractivity contribution >= 4 is 8.25 Å². The number of hydrogen-bond acceptors (Lipinski definition) is 7. The summed E-state index contributed by atoms with van der Waals surface area (Å²) in [4.78, 5) is 0. The van der Waals surface area contributed by atoms with Crippen LogP contribution >= 0.6 is 8.25 Å². The molecular weight excluding hydrogens is 335 g/mol. The molecule has 0 aromatic heterocycles. The Balaban J connectivity index is 3.13. The van der Waals surface area contributed by atoms with Crippen molar-refractivity contribution in [2.45, 2.75) is 39.5 Å². The van der Waals surface area contributed by atoms with Crippen molar-refractivity contribution in [2.75, 3.05) is 66.1 Å². The molecule has 144 valence electrons. The van der Waals surface area contributed by atoms with E-state index >= 15 is 0 Å². The van der Waals surface area contributed by atoms with E-state index in [4.69, 9.17) is 28.0 Å². The van der Waals surface area contributed by atoms with Crippen molar-refractivity contribution < 1.29 is 32.6 Å². The highest BCUT2D eigenvalue weighted by Crippen LogP contribution is 2.22. The van der Waals surface area contributed by atoms with Crippen LogP contribution in [0.4, 0.5) is 0 Å². The molecule has 0 aliphatic heterocycles. The molecule has 0 unspecified atom stereocenters. The second-order valence-electron chi connectivity index (χ2n) is 5.05. The standard InChI is InChI=1S/C16H34O7P/c1-3-5-7-18-9-11-20-13-15-22-24(17)23-16-14-21-12-10-19-8-6-4-2/h3-16H2,1-2H3/q+1. The fraction of sp³-hybridized carbons (Fsp3) is 1.00. The predicted octanol–water partition coefficient (Wildman–Crippen LogP) is 3.34. The molecule has 0 rings (SSSR count). The first kappa shape index (κ1) is 23.9. The minimum Gasteiger partial charge on any atom is -0.379 e. The monoisotopic (exact) mass is 369 g/mol. The normalized spacial score (nSPS) is 11.1. The quantitative estimate of drug-likeness (QED) is 0.241. The zero-order valence-electron chi connectivity index (χ0n) is 15.2. The van der Waals surface area contributed by atoms with Gasteiger partial charge in [0, 0.05) is 17.8 Å². The highest BCUT2D eigenvalue weighted by Gasteiger charge is 2.19. The van der Waals surface area contributed by atoms with E-state index < -0.39 is 8.25 Å². The summed E-state index contributed by atoms with van der Waals surface area (Å²) in [6.07, 6.45) is 4.38. The number of unbranched alkanes of at least 4 members (excludes halogenated alkanes) is 2. The van der Waals surface area contributed by atoms with Gasteiger partial charge in [-0.15, -0.1) is 9.05 Å². The summed E-state index contributed by atoms with van der Waals surface area (Å²) in [5.41, 5.74) is 0. The van der Waals surface area contributed by atoms with E-state index in [0.717, 1.165) is 38.9 Å². The molecule has 0 amide bonds. The van der Waals surface area contributed by atoms with Crippen LogP contribution in [0, 0.1) is 0 Å². The molecule has 0 bridgehead atoms. The Bertz CT molecular complexity index is 243. The Hall–Kier alpha value is -0.140. The molecule has 0 atom stereocenters. The molecule has 0 heterocycles. The molecule has 0 aromatic carbocycles. The average Bonchev–Trinajstić information content (AvgIpc) is 2.59. The third-order valence-electron chi connectivity index (χ3n) is 2.88. The minimum atomic E-state index is -2.12. The van der Waals surface area contributed by atoms with Crippen LogP contribution in [0.5, 0.6) is 0 Å². The van der Waals surface area contributed by atoms with Crippen LogP contribution in [-0.4, -0.2) is 66.1 Å². The Kier molecular flexibility index (Phi) is 20.8. The molecule has 0 spiro atoms. The third kappa shape index (κ3) is 19.9. The fourth-order valence-electron chi connectivity index (χ4n) is 1.52. The van der Waals surface area contributed by atoms with E-state index in [-0.39, 0.29) is 13.2 Å². The van der Waals surface area contributed by atoms with Crippen molar-refractivity contribution in [1.29, 1.82) is 0 Å². The molecular formula is C16H34O7P+. The highest BCUT2D eigenvalue weighted by atomic mass is 31.1. The highest BCUT2D eigenvalue weighted by molar-refractivity contribution is 7.33. The second-order valence-corrected chi connectivity index (χ2v) is 6.01. The van der Waals surface area contributed by atoms with E-state index in [1.54, 1.807) is 0 Å². The van der Waals surface area contributed by atoms with Crippen molar-refractivity contribution in [2.24, 2.45) is 0 Å². The summed E-state index contributed by atoms with van der Waals surface area (Å²) in [7, 11) is -2.12. The first-order chi connectivity index (χ1) is 11.8. The van der Waals surface area contributed by atoms with E-state index in [0.29, 0.717) is 39.6 Å². The number of ether oxygens (including phenoxy) is 4. The summed E-state index contributed by atoms with van der Waals surface area (Å²) in [6.45, 7) is 9.15. The first-order valence-electron chi connectivity index (χ1n) is 8.85. The van der Waals surface area contributed by atoms with Gasteiger partial charge in [0.1, 0.15) is 13.2 Å². The van der Waals surface area contributed by atoms with Crippen LogP contribution in [0.3, 0.4) is 0 Å². The molecule has 0 fully saturated rings. The van der Waals surface area contributed by atoms with Crippen LogP contribution in [0.2, 0.25) is 0 Å².